The molecule has 6 heteroatoms. The average molecular weight is 298 g/mol. The van der Waals surface area contributed by atoms with Crippen LogP contribution in [0.2, 0.25) is 0 Å². The molecule has 2 N–H and O–H groups in total. The molecule has 1 aliphatic carbocycles. The summed E-state index contributed by atoms with van der Waals surface area (Å²) in [6.07, 6.45) is 5.09. The van der Waals surface area contributed by atoms with Crippen LogP contribution in [-0.2, 0) is 0 Å². The lowest BCUT2D eigenvalue weighted by Crippen LogP contribution is -2.21. The maximum absolute atomic E-state index is 13.9. The molecule has 5 nitrogen and oxygen atoms in total. The number of rotatable bonds is 4. The standard InChI is InChI=1S/C16H15FN4O/c17-13-7-10(1-2-15(13)22-4-3-18)11-5-12(6-11)14-8-21-16(19)9-20-14/h1-2,7-9,11-12H,4-6H2,(H2,19,21). The molecule has 0 radical (unpaired) electrons. The average Bonchev–Trinajstić information content (AvgIpc) is 2.47. The fraction of sp³-hybridized carbons (Fsp3) is 0.312. The van der Waals surface area contributed by atoms with Gasteiger partial charge in [-0.2, -0.15) is 5.26 Å². The molecule has 0 saturated heterocycles. The van der Waals surface area contributed by atoms with Crippen molar-refractivity contribution >= 4 is 5.82 Å². The number of nitrogen functional groups attached to an aromatic ring is 1. The van der Waals surface area contributed by atoms with Gasteiger partial charge in [-0.3, -0.25) is 4.98 Å². The first kappa shape index (κ1) is 14.3. The van der Waals surface area contributed by atoms with Gasteiger partial charge in [0.15, 0.2) is 18.2 Å². The summed E-state index contributed by atoms with van der Waals surface area (Å²) in [5, 5.41) is 8.45. The third-order valence-corrected chi connectivity index (χ3v) is 3.97. The second kappa shape index (κ2) is 5.98. The Bertz CT molecular complexity index is 705. The summed E-state index contributed by atoms with van der Waals surface area (Å²) < 4.78 is 18.9. The monoisotopic (exact) mass is 298 g/mol. The molecule has 22 heavy (non-hydrogen) atoms. The van der Waals surface area contributed by atoms with E-state index >= 15 is 0 Å². The highest BCUT2D eigenvalue weighted by Crippen LogP contribution is 2.47. The van der Waals surface area contributed by atoms with E-state index < -0.39 is 5.82 Å². The highest BCUT2D eigenvalue weighted by Gasteiger charge is 2.32. The van der Waals surface area contributed by atoms with Gasteiger partial charge in [-0.05, 0) is 36.5 Å². The van der Waals surface area contributed by atoms with Crippen molar-refractivity contribution < 1.29 is 9.13 Å². The van der Waals surface area contributed by atoms with Crippen molar-refractivity contribution in [3.05, 3.63) is 47.7 Å². The minimum absolute atomic E-state index is 0.116. The van der Waals surface area contributed by atoms with Gasteiger partial charge in [0.05, 0.1) is 18.1 Å². The minimum atomic E-state index is -0.427. The zero-order valence-corrected chi connectivity index (χ0v) is 11.9. The van der Waals surface area contributed by atoms with Crippen LogP contribution in [0.25, 0.3) is 0 Å². The van der Waals surface area contributed by atoms with Crippen molar-refractivity contribution in [1.29, 1.82) is 5.26 Å². The lowest BCUT2D eigenvalue weighted by Gasteiger charge is -2.35. The number of halogens is 1. The van der Waals surface area contributed by atoms with Crippen LogP contribution in [0, 0.1) is 17.1 Å². The molecule has 112 valence electrons. The molecule has 0 bridgehead atoms. The molecular weight excluding hydrogens is 283 g/mol. The van der Waals surface area contributed by atoms with Crippen LogP contribution >= 0.6 is 0 Å². The van der Waals surface area contributed by atoms with Crippen molar-refractivity contribution in [1.82, 2.24) is 9.97 Å². The summed E-state index contributed by atoms with van der Waals surface area (Å²) in [7, 11) is 0. The van der Waals surface area contributed by atoms with Gasteiger partial charge in [0.25, 0.3) is 0 Å². The van der Waals surface area contributed by atoms with Gasteiger partial charge in [0.1, 0.15) is 11.9 Å². The summed E-state index contributed by atoms with van der Waals surface area (Å²) in [4.78, 5) is 8.33. The largest absolute Gasteiger partial charge is 0.476 e. The third-order valence-electron chi connectivity index (χ3n) is 3.97. The normalized spacial score (nSPS) is 20.0. The first-order chi connectivity index (χ1) is 10.7. The number of nitrogens with two attached hydrogens (primary N) is 1. The van der Waals surface area contributed by atoms with Crippen molar-refractivity contribution in [2.75, 3.05) is 12.3 Å². The number of nitrogens with zero attached hydrogens (tertiary/aromatic N) is 3. The maximum atomic E-state index is 13.9. The number of hydrogen-bond acceptors (Lipinski definition) is 5. The Morgan fingerprint density at radius 2 is 2.09 bits per heavy atom. The molecule has 1 aromatic heterocycles. The fourth-order valence-corrected chi connectivity index (χ4v) is 2.69. The van der Waals surface area contributed by atoms with Gasteiger partial charge in [-0.25, -0.2) is 9.37 Å². The van der Waals surface area contributed by atoms with Gasteiger partial charge in [0, 0.05) is 5.92 Å². The van der Waals surface area contributed by atoms with Crippen LogP contribution in [0.15, 0.2) is 30.6 Å². The number of anilines is 1. The Morgan fingerprint density at radius 3 is 2.73 bits per heavy atom. The van der Waals surface area contributed by atoms with Gasteiger partial charge < -0.3 is 10.5 Å². The van der Waals surface area contributed by atoms with E-state index in [1.54, 1.807) is 18.5 Å². The molecule has 1 heterocycles. The molecule has 1 fully saturated rings. The van der Waals surface area contributed by atoms with Gasteiger partial charge in [-0.1, -0.05) is 6.07 Å². The second-order valence-corrected chi connectivity index (χ2v) is 5.37. The number of nitriles is 1. The summed E-state index contributed by atoms with van der Waals surface area (Å²) in [5.41, 5.74) is 7.40. The Labute approximate surface area is 127 Å². The molecule has 1 saturated carbocycles. The molecule has 3 rings (SSSR count). The van der Waals surface area contributed by atoms with E-state index in [9.17, 15) is 4.39 Å². The zero-order chi connectivity index (χ0) is 15.5. The highest BCUT2D eigenvalue weighted by molar-refractivity contribution is 5.34. The number of ether oxygens (including phenoxy) is 1. The van der Waals surface area contributed by atoms with Crippen LogP contribution in [0.5, 0.6) is 5.75 Å². The first-order valence-electron chi connectivity index (χ1n) is 7.04. The smallest absolute Gasteiger partial charge is 0.174 e. The molecule has 0 atom stereocenters. The summed E-state index contributed by atoms with van der Waals surface area (Å²) >= 11 is 0. The van der Waals surface area contributed by atoms with Gasteiger partial charge in [0.2, 0.25) is 0 Å². The Morgan fingerprint density at radius 1 is 1.27 bits per heavy atom. The van der Waals surface area contributed by atoms with E-state index in [2.05, 4.69) is 9.97 Å². The van der Waals surface area contributed by atoms with Crippen LogP contribution in [-0.4, -0.2) is 16.6 Å². The summed E-state index contributed by atoms with van der Waals surface area (Å²) in [6.45, 7) is -0.155. The van der Waals surface area contributed by atoms with Gasteiger partial charge in [-0.15, -0.1) is 0 Å². The topological polar surface area (TPSA) is 84.8 Å². The van der Waals surface area contributed by atoms with Crippen LogP contribution in [0.1, 0.15) is 35.9 Å². The predicted octanol–water partition coefficient (Wildman–Crippen LogP) is 2.76. The molecule has 0 amide bonds. The van der Waals surface area contributed by atoms with E-state index in [0.717, 1.165) is 24.1 Å². The van der Waals surface area contributed by atoms with E-state index in [-0.39, 0.29) is 12.4 Å². The first-order valence-corrected chi connectivity index (χ1v) is 7.04. The quantitative estimate of drug-likeness (QED) is 0.938. The Hall–Kier alpha value is -2.68. The fourth-order valence-electron chi connectivity index (χ4n) is 2.69. The maximum Gasteiger partial charge on any atom is 0.174 e. The Balaban J connectivity index is 1.64. The van der Waals surface area contributed by atoms with Crippen LogP contribution < -0.4 is 10.5 Å². The number of benzene rings is 1. The molecule has 1 aliphatic rings. The van der Waals surface area contributed by atoms with Crippen LogP contribution in [0.4, 0.5) is 10.2 Å². The van der Waals surface area contributed by atoms with Gasteiger partial charge >= 0.3 is 0 Å². The highest BCUT2D eigenvalue weighted by atomic mass is 19.1. The molecule has 0 unspecified atom stereocenters. The Kier molecular flexibility index (Phi) is 3.88. The minimum Gasteiger partial charge on any atom is -0.476 e. The SMILES string of the molecule is N#CCOc1ccc(C2CC(c3cnc(N)cn3)C2)cc1F. The summed E-state index contributed by atoms with van der Waals surface area (Å²) in [5.74, 6) is 0.753. The summed E-state index contributed by atoms with van der Waals surface area (Å²) in [6, 6.07) is 6.74. The van der Waals surface area contributed by atoms with E-state index in [1.165, 1.54) is 6.07 Å². The van der Waals surface area contributed by atoms with Crippen LogP contribution in [0.3, 0.4) is 0 Å². The molecule has 0 aliphatic heterocycles. The molecular formula is C16H15FN4O. The van der Waals surface area contributed by atoms with Crippen molar-refractivity contribution in [2.45, 2.75) is 24.7 Å². The molecule has 2 aromatic rings. The molecule has 1 aromatic carbocycles. The molecule has 0 spiro atoms. The van der Waals surface area contributed by atoms with Crippen molar-refractivity contribution in [2.24, 2.45) is 0 Å². The van der Waals surface area contributed by atoms with E-state index in [0.29, 0.717) is 17.7 Å². The second-order valence-electron chi connectivity index (χ2n) is 5.37. The number of hydrogen-bond donors (Lipinski definition) is 1. The van der Waals surface area contributed by atoms with Crippen molar-refractivity contribution in [3.63, 3.8) is 0 Å². The predicted molar refractivity (Wildman–Crippen MR) is 78.7 cm³/mol. The zero-order valence-electron chi connectivity index (χ0n) is 11.9. The van der Waals surface area contributed by atoms with E-state index in [1.807, 2.05) is 12.1 Å². The van der Waals surface area contributed by atoms with E-state index in [4.69, 9.17) is 15.7 Å². The lowest BCUT2D eigenvalue weighted by atomic mass is 9.70. The third kappa shape index (κ3) is 2.84. The lowest BCUT2D eigenvalue weighted by molar-refractivity contribution is 0.334. The van der Waals surface area contributed by atoms with Crippen molar-refractivity contribution in [3.8, 4) is 11.8 Å². The number of aromatic nitrogens is 2.